The Bertz CT molecular complexity index is 1430. The lowest BCUT2D eigenvalue weighted by molar-refractivity contribution is -0.165. The quantitative estimate of drug-likeness (QED) is 0.298. The Morgan fingerprint density at radius 3 is 2.15 bits per heavy atom. The number of nitrogens with zero attached hydrogens (tertiary/aromatic N) is 1. The van der Waals surface area contributed by atoms with E-state index < -0.39 is 41.5 Å². The van der Waals surface area contributed by atoms with Crippen molar-refractivity contribution < 1.29 is 28.7 Å². The average molecular weight is 592 g/mol. The van der Waals surface area contributed by atoms with Crippen molar-refractivity contribution in [2.24, 2.45) is 0 Å². The molecule has 0 bridgehead atoms. The van der Waals surface area contributed by atoms with E-state index in [0.29, 0.717) is 5.02 Å². The van der Waals surface area contributed by atoms with E-state index in [1.54, 1.807) is 29.7 Å². The molecule has 41 heavy (non-hydrogen) atoms. The molecule has 0 spiro atoms. The molecule has 0 saturated carbocycles. The Morgan fingerprint density at radius 2 is 1.56 bits per heavy atom. The standard InChI is InChI=1S/C30H26ClN3O6S/c1-39-30(38)32-22-17-41-28-24(33-23(35)16-18-12-14-21(31)15-13-18)27(36)34(28)25(22)29(37)40-26(19-8-4-2-5-9-19)20-10-6-3-7-11-20/h2-15,17,24-26,28H,16H2,1H3,(H,32,38)(H,33,35)/t24?,25?,28-/m0/s1. The van der Waals surface area contributed by atoms with Crippen molar-refractivity contribution >= 4 is 47.2 Å². The first kappa shape index (κ1) is 28.3. The summed E-state index contributed by atoms with van der Waals surface area (Å²) in [5.41, 5.74) is 2.36. The molecule has 0 aliphatic carbocycles. The van der Waals surface area contributed by atoms with Gasteiger partial charge in [-0.2, -0.15) is 0 Å². The van der Waals surface area contributed by atoms with Gasteiger partial charge < -0.3 is 19.7 Å². The summed E-state index contributed by atoms with van der Waals surface area (Å²) in [7, 11) is 1.20. The molecule has 1 saturated heterocycles. The highest BCUT2D eigenvalue weighted by Crippen LogP contribution is 2.40. The normalized spacial score (nSPS) is 19.4. The number of fused-ring (bicyclic) bond motifs is 1. The van der Waals surface area contributed by atoms with Gasteiger partial charge in [-0.3, -0.25) is 14.9 Å². The average Bonchev–Trinajstić information content (AvgIpc) is 3.00. The summed E-state index contributed by atoms with van der Waals surface area (Å²) >= 11 is 7.12. The highest BCUT2D eigenvalue weighted by Gasteiger charge is 2.56. The van der Waals surface area contributed by atoms with Crippen molar-refractivity contribution in [3.8, 4) is 0 Å². The molecule has 3 aromatic carbocycles. The molecule has 2 aliphatic heterocycles. The maximum absolute atomic E-state index is 13.8. The molecule has 3 atom stereocenters. The molecule has 2 aliphatic rings. The second-order valence-corrected chi connectivity index (χ2v) is 10.8. The van der Waals surface area contributed by atoms with Crippen molar-refractivity contribution in [1.82, 2.24) is 15.5 Å². The van der Waals surface area contributed by atoms with Crippen LogP contribution in [-0.4, -0.2) is 53.3 Å². The predicted molar refractivity (Wildman–Crippen MR) is 154 cm³/mol. The lowest BCUT2D eigenvalue weighted by Crippen LogP contribution is -2.74. The van der Waals surface area contributed by atoms with Gasteiger partial charge in [-0.25, -0.2) is 9.59 Å². The maximum atomic E-state index is 13.8. The molecular weight excluding hydrogens is 566 g/mol. The van der Waals surface area contributed by atoms with Crippen LogP contribution in [0.15, 0.2) is 96.0 Å². The van der Waals surface area contributed by atoms with E-state index in [1.165, 1.54) is 23.8 Å². The van der Waals surface area contributed by atoms with E-state index >= 15 is 0 Å². The third-order valence-corrected chi connectivity index (χ3v) is 8.10. The first-order valence-electron chi connectivity index (χ1n) is 12.7. The Kier molecular flexibility index (Phi) is 8.61. The van der Waals surface area contributed by atoms with Gasteiger partial charge in [-0.05, 0) is 34.2 Å². The molecule has 5 rings (SSSR count). The fraction of sp³-hybridized carbons (Fsp3) is 0.200. The number of carbonyl (C=O) groups is 4. The fourth-order valence-corrected chi connectivity index (χ4v) is 5.98. The summed E-state index contributed by atoms with van der Waals surface area (Å²) in [6.45, 7) is 0. The predicted octanol–water partition coefficient (Wildman–Crippen LogP) is 4.18. The van der Waals surface area contributed by atoms with Crippen molar-refractivity contribution in [2.75, 3.05) is 7.11 Å². The van der Waals surface area contributed by atoms with Crippen LogP contribution < -0.4 is 10.6 Å². The van der Waals surface area contributed by atoms with E-state index in [0.717, 1.165) is 16.7 Å². The van der Waals surface area contributed by atoms with Crippen LogP contribution in [0.3, 0.4) is 0 Å². The molecule has 3 aromatic rings. The molecule has 2 heterocycles. The summed E-state index contributed by atoms with van der Waals surface area (Å²) < 4.78 is 10.8. The molecular formula is C30H26ClN3O6S. The minimum atomic E-state index is -1.26. The lowest BCUT2D eigenvalue weighted by atomic mass is 9.99. The number of rotatable bonds is 8. The van der Waals surface area contributed by atoms with Crippen molar-refractivity contribution in [2.45, 2.75) is 30.0 Å². The monoisotopic (exact) mass is 591 g/mol. The number of methoxy groups -OCH3 is 1. The molecule has 0 aromatic heterocycles. The van der Waals surface area contributed by atoms with Crippen LogP contribution in [0, 0.1) is 0 Å². The Hall–Kier alpha value is -4.28. The Balaban J connectivity index is 1.37. The SMILES string of the molecule is COC(=O)NC1=CS[C@H]2C(NC(=O)Cc3ccc(Cl)cc3)C(=O)N2C1C(=O)OC(c1ccccc1)c1ccccc1. The van der Waals surface area contributed by atoms with Gasteiger partial charge in [-0.1, -0.05) is 84.4 Å². The Morgan fingerprint density at radius 1 is 0.951 bits per heavy atom. The highest BCUT2D eigenvalue weighted by molar-refractivity contribution is 8.02. The molecule has 2 N–H and O–H groups in total. The summed E-state index contributed by atoms with van der Waals surface area (Å²) in [5, 5.41) is 6.86. The van der Waals surface area contributed by atoms with Gasteiger partial charge in [0.15, 0.2) is 12.1 Å². The number of ether oxygens (including phenoxy) is 2. The number of halogens is 1. The van der Waals surface area contributed by atoms with Gasteiger partial charge in [0.1, 0.15) is 11.4 Å². The molecule has 11 heteroatoms. The van der Waals surface area contributed by atoms with Crippen LogP contribution in [0.25, 0.3) is 0 Å². The van der Waals surface area contributed by atoms with Crippen LogP contribution in [0.5, 0.6) is 0 Å². The molecule has 210 valence electrons. The number of hydrogen-bond acceptors (Lipinski definition) is 7. The van der Waals surface area contributed by atoms with Crippen molar-refractivity contribution in [3.63, 3.8) is 0 Å². The summed E-state index contributed by atoms with van der Waals surface area (Å²) in [6, 6.07) is 23.2. The summed E-state index contributed by atoms with van der Waals surface area (Å²) in [5.74, 6) is -1.56. The number of thioether (sulfide) groups is 1. The van der Waals surface area contributed by atoms with Gasteiger partial charge in [0.2, 0.25) is 11.8 Å². The zero-order valence-electron chi connectivity index (χ0n) is 21.9. The third-order valence-electron chi connectivity index (χ3n) is 6.68. The highest BCUT2D eigenvalue weighted by atomic mass is 35.5. The fourth-order valence-electron chi connectivity index (χ4n) is 4.68. The number of hydrogen-bond donors (Lipinski definition) is 2. The van der Waals surface area contributed by atoms with Crippen LogP contribution in [0.4, 0.5) is 4.79 Å². The molecule has 2 unspecified atom stereocenters. The van der Waals surface area contributed by atoms with Crippen molar-refractivity contribution in [1.29, 1.82) is 0 Å². The largest absolute Gasteiger partial charge is 0.453 e. The lowest BCUT2D eigenvalue weighted by Gasteiger charge is -2.51. The molecule has 1 fully saturated rings. The number of alkyl carbamates (subject to hydrolysis) is 1. The van der Waals surface area contributed by atoms with Gasteiger partial charge in [0.05, 0.1) is 19.2 Å². The first-order chi connectivity index (χ1) is 19.9. The minimum absolute atomic E-state index is 0.0601. The van der Waals surface area contributed by atoms with Gasteiger partial charge >= 0.3 is 12.1 Å². The third kappa shape index (κ3) is 6.23. The number of β-lactam (4-membered cyclic amide) rings is 1. The van der Waals surface area contributed by atoms with E-state index in [9.17, 15) is 19.2 Å². The Labute approximate surface area is 245 Å². The maximum Gasteiger partial charge on any atom is 0.411 e. The molecule has 9 nitrogen and oxygen atoms in total. The number of benzene rings is 3. The second kappa shape index (κ2) is 12.5. The number of esters is 1. The molecule has 3 amide bonds. The second-order valence-electron chi connectivity index (χ2n) is 9.35. The van der Waals surface area contributed by atoms with Crippen LogP contribution in [0.1, 0.15) is 22.8 Å². The van der Waals surface area contributed by atoms with Crippen LogP contribution in [-0.2, 0) is 30.3 Å². The van der Waals surface area contributed by atoms with E-state index in [4.69, 9.17) is 21.1 Å². The van der Waals surface area contributed by atoms with Crippen LogP contribution >= 0.6 is 23.4 Å². The van der Waals surface area contributed by atoms with Crippen LogP contribution in [0.2, 0.25) is 5.02 Å². The van der Waals surface area contributed by atoms with E-state index in [2.05, 4.69) is 10.6 Å². The topological polar surface area (TPSA) is 114 Å². The molecule has 0 radical (unpaired) electrons. The smallest absolute Gasteiger partial charge is 0.411 e. The van der Waals surface area contributed by atoms with Gasteiger partial charge in [0.25, 0.3) is 0 Å². The summed E-state index contributed by atoms with van der Waals surface area (Å²) in [4.78, 5) is 53.3. The van der Waals surface area contributed by atoms with Gasteiger partial charge in [0, 0.05) is 5.02 Å². The van der Waals surface area contributed by atoms with Crippen molar-refractivity contribution in [3.05, 3.63) is 118 Å². The summed E-state index contributed by atoms with van der Waals surface area (Å²) in [6.07, 6.45) is -1.50. The minimum Gasteiger partial charge on any atom is -0.453 e. The van der Waals surface area contributed by atoms with E-state index in [-0.39, 0.29) is 18.0 Å². The zero-order valence-corrected chi connectivity index (χ0v) is 23.4. The number of carbonyl (C=O) groups excluding carboxylic acids is 4. The zero-order chi connectivity index (χ0) is 28.9. The first-order valence-corrected chi connectivity index (χ1v) is 14.0. The number of nitrogens with one attached hydrogen (secondary N) is 2. The van der Waals surface area contributed by atoms with Gasteiger partial charge in [-0.15, -0.1) is 11.8 Å². The number of amides is 3. The van der Waals surface area contributed by atoms with E-state index in [1.807, 2.05) is 60.7 Å².